The molecule has 1 heterocycles. The average molecular weight is 353 g/mol. The minimum absolute atomic E-state index is 0.0370. The molecule has 2 rings (SSSR count). The van der Waals surface area contributed by atoms with Gasteiger partial charge in [-0.05, 0) is 25.7 Å². The third kappa shape index (κ3) is 4.01. The number of sulfone groups is 1. The second-order valence-corrected chi connectivity index (χ2v) is 10.7. The molecule has 0 aromatic rings. The van der Waals surface area contributed by atoms with Crippen molar-refractivity contribution in [3.05, 3.63) is 0 Å². The summed E-state index contributed by atoms with van der Waals surface area (Å²) in [7, 11) is -5.04. The van der Waals surface area contributed by atoms with Gasteiger partial charge in [0.1, 0.15) is 0 Å². The number of rotatable bonds is 6. The van der Waals surface area contributed by atoms with Gasteiger partial charge in [0.15, 0.2) is 9.84 Å². The fourth-order valence-electron chi connectivity index (χ4n) is 3.51. The van der Waals surface area contributed by atoms with E-state index in [4.69, 9.17) is 0 Å². The van der Waals surface area contributed by atoms with Crippen LogP contribution in [0.2, 0.25) is 0 Å². The van der Waals surface area contributed by atoms with Crippen molar-refractivity contribution in [1.82, 2.24) is 8.61 Å². The van der Waals surface area contributed by atoms with Crippen molar-refractivity contribution < 1.29 is 16.8 Å². The monoisotopic (exact) mass is 352 g/mol. The molecule has 0 aromatic heterocycles. The Hall–Kier alpha value is -0.180. The van der Waals surface area contributed by atoms with E-state index in [0.717, 1.165) is 25.7 Å². The first-order valence-corrected chi connectivity index (χ1v) is 11.4. The van der Waals surface area contributed by atoms with E-state index in [0.29, 0.717) is 19.4 Å². The fraction of sp³-hybridized carbons (Fsp3) is 1.00. The molecule has 0 amide bonds. The first-order chi connectivity index (χ1) is 10.3. The minimum Gasteiger partial charge on any atom is -0.229 e. The van der Waals surface area contributed by atoms with Crippen LogP contribution in [-0.2, 0) is 20.0 Å². The highest BCUT2D eigenvalue weighted by Gasteiger charge is 2.40. The van der Waals surface area contributed by atoms with Crippen LogP contribution in [0.15, 0.2) is 0 Å². The molecule has 2 fully saturated rings. The average Bonchev–Trinajstić information content (AvgIpc) is 2.84. The van der Waals surface area contributed by atoms with Crippen LogP contribution in [0.5, 0.6) is 0 Å². The lowest BCUT2D eigenvalue weighted by molar-refractivity contribution is 0.248. The maximum absolute atomic E-state index is 13.0. The molecule has 1 saturated carbocycles. The fourth-order valence-corrected chi connectivity index (χ4v) is 7.22. The van der Waals surface area contributed by atoms with Gasteiger partial charge in [-0.25, -0.2) is 8.42 Å². The molecular formula is C14H28N2O4S2. The van der Waals surface area contributed by atoms with E-state index >= 15 is 0 Å². The number of hydrogen-bond donors (Lipinski definition) is 0. The Kier molecular flexibility index (Phi) is 5.90. The van der Waals surface area contributed by atoms with Gasteiger partial charge in [0.25, 0.3) is 10.2 Å². The van der Waals surface area contributed by atoms with E-state index in [1.54, 1.807) is 7.05 Å². The van der Waals surface area contributed by atoms with Crippen LogP contribution in [0.3, 0.4) is 0 Å². The largest absolute Gasteiger partial charge is 0.282 e. The van der Waals surface area contributed by atoms with Gasteiger partial charge in [0, 0.05) is 25.7 Å². The van der Waals surface area contributed by atoms with E-state index < -0.39 is 26.1 Å². The quantitative estimate of drug-likeness (QED) is 0.724. The Labute approximate surface area is 135 Å². The highest BCUT2D eigenvalue weighted by Crippen LogP contribution is 2.28. The zero-order valence-electron chi connectivity index (χ0n) is 13.6. The molecule has 1 aliphatic heterocycles. The normalized spacial score (nSPS) is 26.8. The summed E-state index contributed by atoms with van der Waals surface area (Å²) in [6.45, 7) is 2.31. The summed E-state index contributed by atoms with van der Waals surface area (Å²) in [6, 6.07) is -0.350. The summed E-state index contributed by atoms with van der Waals surface area (Å²) in [5.74, 6) is 0.0608. The molecule has 0 spiro atoms. The van der Waals surface area contributed by atoms with E-state index in [1.165, 1.54) is 15.0 Å². The summed E-state index contributed by atoms with van der Waals surface area (Å²) < 4.78 is 52.3. The van der Waals surface area contributed by atoms with Gasteiger partial charge in [0.2, 0.25) is 0 Å². The lowest BCUT2D eigenvalue weighted by atomic mass is 9.96. The first kappa shape index (κ1) is 18.2. The van der Waals surface area contributed by atoms with Crippen LogP contribution < -0.4 is 0 Å². The molecule has 8 heteroatoms. The zero-order valence-corrected chi connectivity index (χ0v) is 15.2. The van der Waals surface area contributed by atoms with Gasteiger partial charge < -0.3 is 0 Å². The van der Waals surface area contributed by atoms with Crippen LogP contribution >= 0.6 is 0 Å². The highest BCUT2D eigenvalue weighted by atomic mass is 32.2. The Morgan fingerprint density at radius 3 is 2.18 bits per heavy atom. The van der Waals surface area contributed by atoms with E-state index in [1.807, 2.05) is 6.92 Å². The maximum atomic E-state index is 13.0. The SMILES string of the molecule is CCCN(C1CCS(=O)(=O)C1)S(=O)(=O)N(C)C1CCCCC1. The Morgan fingerprint density at radius 1 is 1.05 bits per heavy atom. The first-order valence-electron chi connectivity index (χ1n) is 8.23. The molecule has 130 valence electrons. The van der Waals surface area contributed by atoms with Crippen LogP contribution in [0.4, 0.5) is 0 Å². The molecule has 0 bridgehead atoms. The van der Waals surface area contributed by atoms with E-state index in [-0.39, 0.29) is 17.5 Å². The second kappa shape index (κ2) is 7.15. The molecule has 0 N–H and O–H groups in total. The van der Waals surface area contributed by atoms with Crippen LogP contribution in [0.1, 0.15) is 51.9 Å². The topological polar surface area (TPSA) is 74.8 Å². The predicted molar refractivity (Wildman–Crippen MR) is 87.6 cm³/mol. The van der Waals surface area contributed by atoms with Crippen LogP contribution in [-0.4, -0.2) is 62.6 Å². The lowest BCUT2D eigenvalue weighted by Gasteiger charge is -2.36. The summed E-state index contributed by atoms with van der Waals surface area (Å²) in [5, 5.41) is 0. The molecule has 2 aliphatic rings. The summed E-state index contributed by atoms with van der Waals surface area (Å²) in [6.07, 6.45) is 6.21. The Bertz CT molecular complexity index is 568. The molecule has 0 radical (unpaired) electrons. The summed E-state index contributed by atoms with van der Waals surface area (Å²) in [4.78, 5) is 0. The van der Waals surface area contributed by atoms with Gasteiger partial charge >= 0.3 is 0 Å². The van der Waals surface area contributed by atoms with Gasteiger partial charge in [-0.1, -0.05) is 26.2 Å². The van der Waals surface area contributed by atoms with E-state index in [9.17, 15) is 16.8 Å². The van der Waals surface area contributed by atoms with Gasteiger partial charge in [-0.3, -0.25) is 0 Å². The molecule has 22 heavy (non-hydrogen) atoms. The molecular weight excluding hydrogens is 324 g/mol. The molecule has 1 unspecified atom stereocenters. The third-order valence-electron chi connectivity index (χ3n) is 4.81. The standard InChI is InChI=1S/C14H28N2O4S2/c1-3-10-16(14-9-11-21(17,18)12-14)22(19,20)15(2)13-7-5-4-6-8-13/h13-14H,3-12H2,1-2H3. The molecule has 1 atom stereocenters. The van der Waals surface area contributed by atoms with Gasteiger partial charge in [-0.15, -0.1) is 0 Å². The second-order valence-electron chi connectivity index (χ2n) is 6.48. The van der Waals surface area contributed by atoms with Crippen molar-refractivity contribution in [3.8, 4) is 0 Å². The highest BCUT2D eigenvalue weighted by molar-refractivity contribution is 7.91. The maximum Gasteiger partial charge on any atom is 0.282 e. The number of nitrogens with zero attached hydrogens (tertiary/aromatic N) is 2. The van der Waals surface area contributed by atoms with Crippen molar-refractivity contribution in [2.45, 2.75) is 64.0 Å². The van der Waals surface area contributed by atoms with Gasteiger partial charge in [-0.2, -0.15) is 17.0 Å². The lowest BCUT2D eigenvalue weighted by Crippen LogP contribution is -2.51. The summed E-state index contributed by atoms with van der Waals surface area (Å²) in [5.41, 5.74) is 0. The minimum atomic E-state index is -3.59. The summed E-state index contributed by atoms with van der Waals surface area (Å²) >= 11 is 0. The van der Waals surface area contributed by atoms with Gasteiger partial charge in [0.05, 0.1) is 11.5 Å². The zero-order chi connectivity index (χ0) is 16.4. The Balaban J connectivity index is 2.18. The van der Waals surface area contributed by atoms with E-state index in [2.05, 4.69) is 0 Å². The van der Waals surface area contributed by atoms with Crippen molar-refractivity contribution in [2.24, 2.45) is 0 Å². The third-order valence-corrected chi connectivity index (χ3v) is 8.66. The smallest absolute Gasteiger partial charge is 0.229 e. The van der Waals surface area contributed by atoms with Crippen molar-refractivity contribution >= 4 is 20.0 Å². The number of hydrogen-bond acceptors (Lipinski definition) is 4. The molecule has 6 nitrogen and oxygen atoms in total. The van der Waals surface area contributed by atoms with Crippen molar-refractivity contribution in [2.75, 3.05) is 25.1 Å². The molecule has 0 aromatic carbocycles. The van der Waals surface area contributed by atoms with Crippen LogP contribution in [0.25, 0.3) is 0 Å². The molecule has 1 saturated heterocycles. The predicted octanol–water partition coefficient (Wildman–Crippen LogP) is 1.39. The molecule has 1 aliphatic carbocycles. The van der Waals surface area contributed by atoms with Crippen LogP contribution in [0, 0.1) is 0 Å². The van der Waals surface area contributed by atoms with Crippen molar-refractivity contribution in [1.29, 1.82) is 0 Å². The van der Waals surface area contributed by atoms with Crippen molar-refractivity contribution in [3.63, 3.8) is 0 Å². The Morgan fingerprint density at radius 2 is 1.68 bits per heavy atom.